The van der Waals surface area contributed by atoms with Gasteiger partial charge < -0.3 is 9.64 Å². The van der Waals surface area contributed by atoms with Crippen LogP contribution in [0.4, 0.5) is 16.2 Å². The van der Waals surface area contributed by atoms with Crippen LogP contribution >= 0.6 is 11.8 Å². The van der Waals surface area contributed by atoms with Gasteiger partial charge in [0.15, 0.2) is 11.7 Å². The molecular weight excluding hydrogens is 538 g/mol. The molecule has 10 nitrogen and oxygen atoms in total. The van der Waals surface area contributed by atoms with Crippen LogP contribution in [0.5, 0.6) is 0 Å². The number of sulfonamides is 1. The molecule has 39 heavy (non-hydrogen) atoms. The van der Waals surface area contributed by atoms with E-state index in [1.807, 2.05) is 45.0 Å². The number of aldehydes is 1. The molecule has 1 amide bonds. The summed E-state index contributed by atoms with van der Waals surface area (Å²) in [5.74, 6) is 0.814. The van der Waals surface area contributed by atoms with Crippen molar-refractivity contribution in [3.8, 4) is 0 Å². The van der Waals surface area contributed by atoms with E-state index >= 15 is 0 Å². The molecular formula is C27H33N5O5S2. The van der Waals surface area contributed by atoms with Crippen LogP contribution in [-0.2, 0) is 26.0 Å². The average molecular weight is 572 g/mol. The van der Waals surface area contributed by atoms with E-state index in [1.165, 1.54) is 18.9 Å². The maximum atomic E-state index is 12.3. The highest BCUT2D eigenvalue weighted by Gasteiger charge is 2.41. The van der Waals surface area contributed by atoms with Gasteiger partial charge in [0.1, 0.15) is 5.84 Å². The van der Waals surface area contributed by atoms with Crippen LogP contribution in [0.25, 0.3) is 0 Å². The Kier molecular flexibility index (Phi) is 8.36. The number of aryl methyl sites for hydroxylation is 1. The minimum Gasteiger partial charge on any atom is -0.451 e. The summed E-state index contributed by atoms with van der Waals surface area (Å²) in [6, 6.07) is 13.3. The van der Waals surface area contributed by atoms with Gasteiger partial charge in [-0.15, -0.1) is 11.8 Å². The largest absolute Gasteiger partial charge is 0.451 e. The van der Waals surface area contributed by atoms with Gasteiger partial charge in [-0.25, -0.2) is 13.2 Å². The number of rotatable bonds is 6. The van der Waals surface area contributed by atoms with Crippen molar-refractivity contribution in [3.05, 3.63) is 59.2 Å². The number of methoxy groups -OCH3 is 1. The van der Waals surface area contributed by atoms with E-state index in [9.17, 15) is 18.0 Å². The number of hydrogen-bond acceptors (Lipinski definition) is 8. The summed E-state index contributed by atoms with van der Waals surface area (Å²) in [6.45, 7) is 7.33. The molecule has 0 saturated heterocycles. The number of anilines is 2. The number of fused-ring (bicyclic) bond motifs is 1. The highest BCUT2D eigenvalue weighted by atomic mass is 32.2. The average Bonchev–Trinajstić information content (AvgIpc) is 2.89. The molecule has 0 aliphatic carbocycles. The third-order valence-electron chi connectivity index (χ3n) is 6.39. The lowest BCUT2D eigenvalue weighted by molar-refractivity contribution is -0.109. The Bertz CT molecular complexity index is 1420. The molecule has 1 N–H and O–H groups in total. The second-order valence-corrected chi connectivity index (χ2v) is 13.3. The summed E-state index contributed by atoms with van der Waals surface area (Å²) >= 11 is 1.35. The van der Waals surface area contributed by atoms with Crippen molar-refractivity contribution in [2.24, 2.45) is 10.1 Å². The Morgan fingerprint density at radius 3 is 2.59 bits per heavy atom. The molecule has 12 heteroatoms. The summed E-state index contributed by atoms with van der Waals surface area (Å²) in [5.41, 5.74) is 5.10. The molecule has 0 bridgehead atoms. The Morgan fingerprint density at radius 2 is 1.97 bits per heavy atom. The van der Waals surface area contributed by atoms with Crippen molar-refractivity contribution in [2.75, 3.05) is 36.1 Å². The lowest BCUT2D eigenvalue weighted by atomic mass is 9.93. The van der Waals surface area contributed by atoms with E-state index in [4.69, 9.17) is 9.73 Å². The van der Waals surface area contributed by atoms with Gasteiger partial charge >= 0.3 is 6.09 Å². The molecule has 0 fully saturated rings. The molecule has 2 aliphatic rings. The third-order valence-corrected chi connectivity index (χ3v) is 8.34. The standard InChI is InChI=1S/C27H33N5O5S2/c1-6-28-25(18-9-12-21(13-10-18)30-39(5,35)36)31-15-7-8-19-16-20(11-14-22(19)31)24-27(2,3)38-23(17-33)32(29-24)26(34)37-4/h9-14,16-17,23,30H,6-8,15H2,1-5H3. The number of nitrogens with one attached hydrogen (secondary N) is 1. The van der Waals surface area contributed by atoms with Crippen molar-refractivity contribution in [1.82, 2.24) is 5.01 Å². The molecule has 4 rings (SSSR count). The smallest absolute Gasteiger partial charge is 0.431 e. The molecule has 1 unspecified atom stereocenters. The van der Waals surface area contributed by atoms with E-state index in [-0.39, 0.29) is 0 Å². The van der Waals surface area contributed by atoms with Crippen molar-refractivity contribution in [2.45, 2.75) is 43.7 Å². The number of benzene rings is 2. The Hall–Kier alpha value is -3.38. The summed E-state index contributed by atoms with van der Waals surface area (Å²) in [6.07, 6.45) is 2.92. The number of ether oxygens (including phenoxy) is 1. The Labute approximate surface area is 233 Å². The first-order chi connectivity index (χ1) is 18.5. The molecule has 2 aliphatic heterocycles. The van der Waals surface area contributed by atoms with Crippen LogP contribution in [0.15, 0.2) is 52.6 Å². The Morgan fingerprint density at radius 1 is 1.26 bits per heavy atom. The molecule has 2 aromatic rings. The van der Waals surface area contributed by atoms with Crippen LogP contribution in [0.2, 0.25) is 0 Å². The predicted octanol–water partition coefficient (Wildman–Crippen LogP) is 4.10. The molecule has 2 aromatic carbocycles. The zero-order valence-corrected chi connectivity index (χ0v) is 24.3. The number of hydrogen-bond donors (Lipinski definition) is 1. The quantitative estimate of drug-likeness (QED) is 0.315. The molecule has 2 heterocycles. The van der Waals surface area contributed by atoms with E-state index in [2.05, 4.69) is 20.8 Å². The first-order valence-electron chi connectivity index (χ1n) is 12.6. The minimum absolute atomic E-state index is 0.493. The van der Waals surface area contributed by atoms with Crippen molar-refractivity contribution < 1.29 is 22.7 Å². The number of amides is 1. The fourth-order valence-corrected chi connectivity index (χ4v) is 6.50. The molecule has 1 atom stereocenters. The minimum atomic E-state index is -3.37. The van der Waals surface area contributed by atoms with Gasteiger partial charge in [-0.05, 0) is 81.1 Å². The van der Waals surface area contributed by atoms with Gasteiger partial charge in [-0.1, -0.05) is 6.07 Å². The van der Waals surface area contributed by atoms with E-state index in [0.717, 1.165) is 58.9 Å². The van der Waals surface area contributed by atoms with Gasteiger partial charge in [0.05, 0.1) is 23.8 Å². The number of aliphatic imine (C=N–C) groups is 1. The summed E-state index contributed by atoms with van der Waals surface area (Å²) in [4.78, 5) is 31.0. The lowest BCUT2D eigenvalue weighted by Gasteiger charge is -2.38. The SMILES string of the molecule is CCN=C(c1ccc(NS(C)(=O)=O)cc1)N1CCCc2cc(C3=NN(C(=O)OC)C(C=O)SC3(C)C)ccc21. The predicted molar refractivity (Wildman–Crippen MR) is 156 cm³/mol. The second-order valence-electron chi connectivity index (χ2n) is 9.77. The topological polar surface area (TPSA) is 121 Å². The number of carbonyl (C=O) groups excluding carboxylic acids is 2. The van der Waals surface area contributed by atoms with Crippen molar-refractivity contribution >= 4 is 57.1 Å². The first-order valence-corrected chi connectivity index (χ1v) is 15.4. The zero-order valence-electron chi connectivity index (χ0n) is 22.7. The van der Waals surface area contributed by atoms with Crippen molar-refractivity contribution in [3.63, 3.8) is 0 Å². The van der Waals surface area contributed by atoms with E-state index in [1.54, 1.807) is 12.1 Å². The fraction of sp³-hybridized carbons (Fsp3) is 0.407. The van der Waals surface area contributed by atoms with Gasteiger partial charge in [0, 0.05) is 30.0 Å². The van der Waals surface area contributed by atoms with Crippen LogP contribution in [-0.4, -0.2) is 73.9 Å². The van der Waals surface area contributed by atoms with Gasteiger partial charge in [0.25, 0.3) is 0 Å². The fourth-order valence-electron chi connectivity index (χ4n) is 4.77. The first kappa shape index (κ1) is 28.6. The summed E-state index contributed by atoms with van der Waals surface area (Å²) in [7, 11) is -2.10. The van der Waals surface area contributed by atoms with Crippen molar-refractivity contribution in [1.29, 1.82) is 0 Å². The summed E-state index contributed by atoms with van der Waals surface area (Å²) in [5, 5.41) is 4.91. The molecule has 0 spiro atoms. The highest BCUT2D eigenvalue weighted by molar-refractivity contribution is 8.02. The Balaban J connectivity index is 1.70. The van der Waals surface area contributed by atoms with Crippen LogP contribution in [0.3, 0.4) is 0 Å². The van der Waals surface area contributed by atoms with Crippen LogP contribution in [0.1, 0.15) is 43.9 Å². The summed E-state index contributed by atoms with van der Waals surface area (Å²) < 4.78 is 30.0. The normalized spacial score (nSPS) is 19.2. The highest BCUT2D eigenvalue weighted by Crippen LogP contribution is 2.39. The maximum absolute atomic E-state index is 12.3. The van der Waals surface area contributed by atoms with Gasteiger partial charge in [-0.3, -0.25) is 14.5 Å². The van der Waals surface area contributed by atoms with Crippen LogP contribution in [0, 0.1) is 0 Å². The van der Waals surface area contributed by atoms with Gasteiger partial charge in [-0.2, -0.15) is 10.1 Å². The molecule has 208 valence electrons. The number of hydrazone groups is 1. The number of nitrogens with zero attached hydrogens (tertiary/aromatic N) is 4. The third kappa shape index (κ3) is 6.27. The van der Waals surface area contributed by atoms with E-state index < -0.39 is 26.2 Å². The van der Waals surface area contributed by atoms with Crippen LogP contribution < -0.4 is 9.62 Å². The second kappa shape index (κ2) is 11.4. The van der Waals surface area contributed by atoms with Gasteiger partial charge in [0.2, 0.25) is 10.0 Å². The molecule has 0 saturated carbocycles. The monoisotopic (exact) mass is 571 g/mol. The molecule has 0 aromatic heterocycles. The zero-order chi connectivity index (χ0) is 28.4. The lowest BCUT2D eigenvalue weighted by Crippen LogP contribution is -2.47. The van der Waals surface area contributed by atoms with E-state index in [0.29, 0.717) is 24.2 Å². The number of thioether (sulfide) groups is 1. The number of amidine groups is 1. The molecule has 0 radical (unpaired) electrons. The maximum Gasteiger partial charge on any atom is 0.431 e. The number of carbonyl (C=O) groups is 2.